The van der Waals surface area contributed by atoms with Gasteiger partial charge in [-0.1, -0.05) is 29.5 Å². The molecule has 1 N–H and O–H groups in total. The molecule has 1 atom stereocenters. The van der Waals surface area contributed by atoms with Gasteiger partial charge in [-0.2, -0.15) is 0 Å². The highest BCUT2D eigenvalue weighted by atomic mass is 19.1. The van der Waals surface area contributed by atoms with Crippen molar-refractivity contribution in [3.8, 4) is 11.3 Å². The molecular weight excluding hydrogens is 343 g/mol. The Morgan fingerprint density at radius 3 is 2.67 bits per heavy atom. The van der Waals surface area contributed by atoms with Crippen LogP contribution >= 0.6 is 0 Å². The second kappa shape index (κ2) is 6.92. The van der Waals surface area contributed by atoms with E-state index in [-0.39, 0.29) is 5.82 Å². The summed E-state index contributed by atoms with van der Waals surface area (Å²) in [6, 6.07) is 13.2. The van der Waals surface area contributed by atoms with E-state index in [0.29, 0.717) is 23.9 Å². The highest BCUT2D eigenvalue weighted by Crippen LogP contribution is 2.22. The third kappa shape index (κ3) is 3.59. The van der Waals surface area contributed by atoms with E-state index in [0.717, 1.165) is 16.8 Å². The molecule has 4 rings (SSSR count). The van der Waals surface area contributed by atoms with Crippen molar-refractivity contribution >= 4 is 11.0 Å². The Bertz CT molecular complexity index is 1060. The Kier molecular flexibility index (Phi) is 4.45. The van der Waals surface area contributed by atoms with Crippen molar-refractivity contribution in [2.75, 3.05) is 14.1 Å². The fraction of sp³-hybridized carbons (Fsp3) is 0.250. The van der Waals surface area contributed by atoms with Crippen LogP contribution in [0.3, 0.4) is 0 Å². The Morgan fingerprint density at radius 2 is 1.93 bits per heavy atom. The van der Waals surface area contributed by atoms with Gasteiger partial charge in [-0.15, -0.1) is 5.10 Å². The monoisotopic (exact) mass is 364 g/mol. The number of rotatable bonds is 5. The van der Waals surface area contributed by atoms with Crippen LogP contribution in [0.1, 0.15) is 24.4 Å². The molecule has 2 heterocycles. The van der Waals surface area contributed by atoms with Gasteiger partial charge < -0.3 is 9.88 Å². The molecule has 2 aromatic carbocycles. The predicted octanol–water partition coefficient (Wildman–Crippen LogP) is 3.63. The maximum Gasteiger partial charge on any atom is 0.129 e. The van der Waals surface area contributed by atoms with Crippen LogP contribution in [0.25, 0.3) is 22.3 Å². The molecule has 0 aliphatic heterocycles. The smallest absolute Gasteiger partial charge is 0.129 e. The molecule has 27 heavy (non-hydrogen) atoms. The highest BCUT2D eigenvalue weighted by molar-refractivity contribution is 5.74. The van der Waals surface area contributed by atoms with Crippen LogP contribution in [-0.4, -0.2) is 44.0 Å². The van der Waals surface area contributed by atoms with E-state index in [4.69, 9.17) is 0 Å². The van der Waals surface area contributed by atoms with Crippen molar-refractivity contribution < 1.29 is 4.39 Å². The Labute approximate surface area is 156 Å². The minimum atomic E-state index is -0.284. The molecule has 0 unspecified atom stereocenters. The number of aromatic nitrogens is 5. The zero-order valence-corrected chi connectivity index (χ0v) is 15.5. The molecule has 7 heteroatoms. The van der Waals surface area contributed by atoms with Crippen molar-refractivity contribution in [1.82, 2.24) is 29.9 Å². The van der Waals surface area contributed by atoms with Crippen LogP contribution < -0.4 is 0 Å². The molecule has 0 bridgehead atoms. The molecule has 138 valence electrons. The van der Waals surface area contributed by atoms with Crippen molar-refractivity contribution in [3.63, 3.8) is 0 Å². The fourth-order valence-corrected chi connectivity index (χ4v) is 3.00. The quantitative estimate of drug-likeness (QED) is 0.587. The van der Waals surface area contributed by atoms with Gasteiger partial charge in [0.05, 0.1) is 17.2 Å². The SMILES string of the molecule is C[C@H](c1ccc(-c2cn(Cc3nc4ccc(F)cc4[nH]3)nn2)cc1)N(C)C. The first-order valence-electron chi connectivity index (χ1n) is 8.80. The van der Waals surface area contributed by atoms with E-state index in [9.17, 15) is 4.39 Å². The molecule has 0 aliphatic carbocycles. The maximum atomic E-state index is 13.3. The minimum Gasteiger partial charge on any atom is -0.340 e. The lowest BCUT2D eigenvalue weighted by Crippen LogP contribution is -2.16. The fourth-order valence-electron chi connectivity index (χ4n) is 3.00. The lowest BCUT2D eigenvalue weighted by atomic mass is 10.0. The van der Waals surface area contributed by atoms with Gasteiger partial charge in [0, 0.05) is 11.6 Å². The van der Waals surface area contributed by atoms with Crippen LogP contribution in [0.5, 0.6) is 0 Å². The van der Waals surface area contributed by atoms with Gasteiger partial charge in [0.2, 0.25) is 0 Å². The number of nitrogens with zero attached hydrogens (tertiary/aromatic N) is 5. The second-order valence-corrected chi connectivity index (χ2v) is 6.91. The molecule has 0 saturated heterocycles. The van der Waals surface area contributed by atoms with E-state index in [1.807, 2.05) is 6.20 Å². The first kappa shape index (κ1) is 17.4. The van der Waals surface area contributed by atoms with E-state index >= 15 is 0 Å². The largest absolute Gasteiger partial charge is 0.340 e. The number of nitrogens with one attached hydrogen (secondary N) is 1. The van der Waals surface area contributed by atoms with Crippen LogP contribution in [0.2, 0.25) is 0 Å². The van der Waals surface area contributed by atoms with Crippen molar-refractivity contribution in [1.29, 1.82) is 0 Å². The van der Waals surface area contributed by atoms with Crippen molar-refractivity contribution in [2.24, 2.45) is 0 Å². The molecule has 0 amide bonds. The van der Waals surface area contributed by atoms with Gasteiger partial charge in [-0.05, 0) is 44.8 Å². The van der Waals surface area contributed by atoms with Gasteiger partial charge >= 0.3 is 0 Å². The zero-order chi connectivity index (χ0) is 19.0. The number of benzene rings is 2. The van der Waals surface area contributed by atoms with Crippen LogP contribution in [0.4, 0.5) is 4.39 Å². The number of imidazole rings is 1. The molecule has 0 saturated carbocycles. The summed E-state index contributed by atoms with van der Waals surface area (Å²) >= 11 is 0. The standard InChI is InChI=1S/C20H21FN6/c1-13(26(2)3)14-4-6-15(7-5-14)19-11-27(25-24-19)12-20-22-17-9-8-16(21)10-18(17)23-20/h4-11,13H,12H2,1-3H3,(H,22,23)/t13-/m1/s1. The molecule has 0 radical (unpaired) electrons. The third-order valence-electron chi connectivity index (χ3n) is 4.81. The second-order valence-electron chi connectivity index (χ2n) is 6.91. The van der Waals surface area contributed by atoms with Crippen LogP contribution in [0.15, 0.2) is 48.7 Å². The molecule has 6 nitrogen and oxygen atoms in total. The van der Waals surface area contributed by atoms with E-state index in [2.05, 4.69) is 70.5 Å². The maximum absolute atomic E-state index is 13.3. The lowest BCUT2D eigenvalue weighted by molar-refractivity contribution is 0.321. The summed E-state index contributed by atoms with van der Waals surface area (Å²) in [5.74, 6) is 0.426. The van der Waals surface area contributed by atoms with E-state index in [1.165, 1.54) is 17.7 Å². The van der Waals surface area contributed by atoms with Gasteiger partial charge in [-0.25, -0.2) is 14.1 Å². The summed E-state index contributed by atoms with van der Waals surface area (Å²) in [7, 11) is 4.13. The molecule has 0 spiro atoms. The van der Waals surface area contributed by atoms with Crippen LogP contribution in [0, 0.1) is 5.82 Å². The average Bonchev–Trinajstić information content (AvgIpc) is 3.27. The topological polar surface area (TPSA) is 62.6 Å². The number of aromatic amines is 1. The van der Waals surface area contributed by atoms with Crippen molar-refractivity contribution in [3.05, 3.63) is 65.9 Å². The summed E-state index contributed by atoms with van der Waals surface area (Å²) in [6.45, 7) is 2.61. The molecular formula is C20H21FN6. The Balaban J connectivity index is 1.52. The number of hydrogen-bond acceptors (Lipinski definition) is 4. The van der Waals surface area contributed by atoms with Gasteiger partial charge in [0.15, 0.2) is 0 Å². The molecule has 0 aliphatic rings. The molecule has 2 aromatic heterocycles. The van der Waals surface area contributed by atoms with Gasteiger partial charge in [-0.3, -0.25) is 0 Å². The highest BCUT2D eigenvalue weighted by Gasteiger charge is 2.10. The van der Waals surface area contributed by atoms with Gasteiger partial charge in [0.1, 0.15) is 23.9 Å². The number of halogens is 1. The summed E-state index contributed by atoms with van der Waals surface area (Å²) in [6.07, 6.45) is 1.89. The number of H-pyrrole nitrogens is 1. The molecule has 4 aromatic rings. The number of hydrogen-bond donors (Lipinski definition) is 1. The van der Waals surface area contributed by atoms with E-state index in [1.54, 1.807) is 10.7 Å². The zero-order valence-electron chi connectivity index (χ0n) is 15.5. The lowest BCUT2D eigenvalue weighted by Gasteiger charge is -2.20. The average molecular weight is 364 g/mol. The predicted molar refractivity (Wildman–Crippen MR) is 103 cm³/mol. The summed E-state index contributed by atoms with van der Waals surface area (Å²) in [4.78, 5) is 9.75. The summed E-state index contributed by atoms with van der Waals surface area (Å²) in [5.41, 5.74) is 4.49. The normalized spacial score (nSPS) is 12.8. The van der Waals surface area contributed by atoms with Crippen LogP contribution in [-0.2, 0) is 6.54 Å². The van der Waals surface area contributed by atoms with Gasteiger partial charge in [0.25, 0.3) is 0 Å². The molecule has 0 fully saturated rings. The minimum absolute atomic E-state index is 0.284. The Morgan fingerprint density at radius 1 is 1.15 bits per heavy atom. The third-order valence-corrected chi connectivity index (χ3v) is 4.81. The number of fused-ring (bicyclic) bond motifs is 1. The summed E-state index contributed by atoms with van der Waals surface area (Å²) in [5, 5.41) is 8.45. The Hall–Kier alpha value is -3.06. The summed E-state index contributed by atoms with van der Waals surface area (Å²) < 4.78 is 15.0. The van der Waals surface area contributed by atoms with Crippen molar-refractivity contribution in [2.45, 2.75) is 19.5 Å². The van der Waals surface area contributed by atoms with E-state index < -0.39 is 0 Å². The first-order chi connectivity index (χ1) is 13.0. The first-order valence-corrected chi connectivity index (χ1v) is 8.80.